The standard InChI is InChI=1S/C14H18BrFN2O2/c1-20-14(19)13(18-7-2-5-17-6-8-18)10-3-4-12(16)11(15)9-10/h3-4,9,13,17H,2,5-8H2,1H3. The second-order valence-electron chi connectivity index (χ2n) is 4.74. The number of rotatable bonds is 3. The highest BCUT2D eigenvalue weighted by Gasteiger charge is 2.29. The summed E-state index contributed by atoms with van der Waals surface area (Å²) in [6, 6.07) is 4.16. The lowest BCUT2D eigenvalue weighted by atomic mass is 10.0. The van der Waals surface area contributed by atoms with Crippen LogP contribution in [0, 0.1) is 5.82 Å². The zero-order valence-electron chi connectivity index (χ0n) is 11.4. The van der Waals surface area contributed by atoms with E-state index >= 15 is 0 Å². The molecule has 1 aromatic carbocycles. The third kappa shape index (κ3) is 3.56. The molecule has 20 heavy (non-hydrogen) atoms. The highest BCUT2D eigenvalue weighted by molar-refractivity contribution is 9.10. The van der Waals surface area contributed by atoms with Gasteiger partial charge in [-0.15, -0.1) is 0 Å². The minimum Gasteiger partial charge on any atom is -0.468 e. The molecule has 0 aliphatic carbocycles. The van der Waals surface area contributed by atoms with Gasteiger partial charge >= 0.3 is 5.97 Å². The molecule has 1 saturated heterocycles. The van der Waals surface area contributed by atoms with Crippen LogP contribution in [-0.4, -0.2) is 44.2 Å². The van der Waals surface area contributed by atoms with Crippen molar-refractivity contribution in [1.82, 2.24) is 10.2 Å². The topological polar surface area (TPSA) is 41.6 Å². The Kier molecular flexibility index (Phi) is 5.51. The Balaban J connectivity index is 2.30. The Labute approximate surface area is 126 Å². The molecule has 1 atom stereocenters. The van der Waals surface area contributed by atoms with Crippen molar-refractivity contribution in [2.24, 2.45) is 0 Å². The highest BCUT2D eigenvalue weighted by Crippen LogP contribution is 2.27. The average Bonchev–Trinajstić information content (AvgIpc) is 2.72. The molecular weight excluding hydrogens is 327 g/mol. The molecule has 1 N–H and O–H groups in total. The fraction of sp³-hybridized carbons (Fsp3) is 0.500. The normalized spacial score (nSPS) is 18.4. The largest absolute Gasteiger partial charge is 0.468 e. The number of hydrogen-bond acceptors (Lipinski definition) is 4. The molecule has 0 radical (unpaired) electrons. The molecule has 1 aromatic rings. The molecule has 0 aromatic heterocycles. The van der Waals surface area contributed by atoms with Crippen molar-refractivity contribution < 1.29 is 13.9 Å². The fourth-order valence-corrected chi connectivity index (χ4v) is 2.81. The first-order valence-corrected chi connectivity index (χ1v) is 7.40. The summed E-state index contributed by atoms with van der Waals surface area (Å²) >= 11 is 3.17. The van der Waals surface area contributed by atoms with Gasteiger partial charge in [-0.1, -0.05) is 6.07 Å². The molecule has 2 rings (SSSR count). The van der Waals surface area contributed by atoms with Crippen LogP contribution in [0.25, 0.3) is 0 Å². The van der Waals surface area contributed by atoms with Gasteiger partial charge in [0.2, 0.25) is 0 Å². The summed E-state index contributed by atoms with van der Waals surface area (Å²) in [4.78, 5) is 14.2. The first kappa shape index (κ1) is 15.4. The van der Waals surface area contributed by atoms with E-state index in [9.17, 15) is 9.18 Å². The number of benzene rings is 1. The first-order valence-electron chi connectivity index (χ1n) is 6.61. The molecule has 0 amide bonds. The summed E-state index contributed by atoms with van der Waals surface area (Å²) in [5, 5.41) is 3.30. The van der Waals surface area contributed by atoms with Crippen molar-refractivity contribution in [3.05, 3.63) is 34.1 Å². The molecule has 0 saturated carbocycles. The van der Waals surface area contributed by atoms with Crippen LogP contribution in [0.2, 0.25) is 0 Å². The number of hydrogen-bond donors (Lipinski definition) is 1. The van der Waals surface area contributed by atoms with Gasteiger partial charge < -0.3 is 10.1 Å². The van der Waals surface area contributed by atoms with E-state index in [1.165, 1.54) is 13.2 Å². The average molecular weight is 345 g/mol. The maximum absolute atomic E-state index is 13.4. The molecule has 0 spiro atoms. The number of nitrogens with one attached hydrogen (secondary N) is 1. The summed E-state index contributed by atoms with van der Waals surface area (Å²) in [6.07, 6.45) is 0.968. The van der Waals surface area contributed by atoms with Crippen LogP contribution in [0.15, 0.2) is 22.7 Å². The van der Waals surface area contributed by atoms with E-state index in [1.807, 2.05) is 0 Å². The summed E-state index contributed by atoms with van der Waals surface area (Å²) in [7, 11) is 1.38. The van der Waals surface area contributed by atoms with Gasteiger partial charge in [0, 0.05) is 19.6 Å². The number of halogens is 2. The zero-order chi connectivity index (χ0) is 14.5. The van der Waals surface area contributed by atoms with Gasteiger partial charge in [-0.3, -0.25) is 4.90 Å². The molecule has 0 bridgehead atoms. The van der Waals surface area contributed by atoms with Crippen LogP contribution in [0.5, 0.6) is 0 Å². The van der Waals surface area contributed by atoms with Gasteiger partial charge in [-0.05, 0) is 46.6 Å². The van der Waals surface area contributed by atoms with E-state index in [1.54, 1.807) is 12.1 Å². The van der Waals surface area contributed by atoms with E-state index in [0.29, 0.717) is 4.47 Å². The fourth-order valence-electron chi connectivity index (χ4n) is 2.41. The highest BCUT2D eigenvalue weighted by atomic mass is 79.9. The van der Waals surface area contributed by atoms with Gasteiger partial charge in [0.15, 0.2) is 0 Å². The van der Waals surface area contributed by atoms with Crippen molar-refractivity contribution in [3.8, 4) is 0 Å². The SMILES string of the molecule is COC(=O)C(c1ccc(F)c(Br)c1)N1CCCNCC1. The maximum Gasteiger partial charge on any atom is 0.327 e. The molecule has 1 fully saturated rings. The molecule has 1 heterocycles. The van der Waals surface area contributed by atoms with Crippen molar-refractivity contribution in [2.45, 2.75) is 12.5 Å². The third-order valence-corrected chi connectivity index (χ3v) is 4.03. The summed E-state index contributed by atoms with van der Waals surface area (Å²) in [6.45, 7) is 3.34. The van der Waals surface area contributed by atoms with E-state index in [0.717, 1.165) is 38.2 Å². The first-order chi connectivity index (χ1) is 9.63. The predicted molar refractivity (Wildman–Crippen MR) is 77.9 cm³/mol. The monoisotopic (exact) mass is 344 g/mol. The lowest BCUT2D eigenvalue weighted by Gasteiger charge is -2.28. The minimum absolute atomic E-state index is 0.314. The molecular formula is C14H18BrFN2O2. The van der Waals surface area contributed by atoms with Crippen LogP contribution in [0.3, 0.4) is 0 Å². The number of carbonyl (C=O) groups is 1. The molecule has 1 aliphatic rings. The van der Waals surface area contributed by atoms with Gasteiger partial charge in [0.1, 0.15) is 11.9 Å². The summed E-state index contributed by atoms with van der Waals surface area (Å²) < 4.78 is 18.6. The second kappa shape index (κ2) is 7.15. The molecule has 4 nitrogen and oxygen atoms in total. The van der Waals surface area contributed by atoms with E-state index in [-0.39, 0.29) is 11.8 Å². The third-order valence-electron chi connectivity index (χ3n) is 3.42. The van der Waals surface area contributed by atoms with Crippen molar-refractivity contribution in [3.63, 3.8) is 0 Å². The Morgan fingerprint density at radius 3 is 2.95 bits per heavy atom. The summed E-state index contributed by atoms with van der Waals surface area (Å²) in [5.74, 6) is -0.652. The molecule has 1 unspecified atom stereocenters. The molecule has 1 aliphatic heterocycles. The van der Waals surface area contributed by atoms with Crippen LogP contribution in [0.1, 0.15) is 18.0 Å². The van der Waals surface area contributed by atoms with Gasteiger partial charge in [0.25, 0.3) is 0 Å². The Morgan fingerprint density at radius 1 is 1.45 bits per heavy atom. The van der Waals surface area contributed by atoms with Crippen LogP contribution in [0.4, 0.5) is 4.39 Å². The second-order valence-corrected chi connectivity index (χ2v) is 5.59. The van der Waals surface area contributed by atoms with Gasteiger partial charge in [-0.25, -0.2) is 9.18 Å². The molecule has 6 heteroatoms. The van der Waals surface area contributed by atoms with Crippen molar-refractivity contribution in [1.29, 1.82) is 0 Å². The quantitative estimate of drug-likeness (QED) is 0.852. The number of carbonyl (C=O) groups excluding carboxylic acids is 1. The minimum atomic E-state index is -0.489. The van der Waals surface area contributed by atoms with Crippen LogP contribution >= 0.6 is 15.9 Å². The smallest absolute Gasteiger partial charge is 0.327 e. The van der Waals surface area contributed by atoms with E-state index in [4.69, 9.17) is 4.74 Å². The van der Waals surface area contributed by atoms with Gasteiger partial charge in [0.05, 0.1) is 11.6 Å². The molecule has 110 valence electrons. The number of ether oxygens (including phenoxy) is 1. The zero-order valence-corrected chi connectivity index (χ0v) is 13.0. The lowest BCUT2D eigenvalue weighted by molar-refractivity contribution is -0.147. The lowest BCUT2D eigenvalue weighted by Crippen LogP contribution is -2.37. The van der Waals surface area contributed by atoms with Crippen molar-refractivity contribution >= 4 is 21.9 Å². The van der Waals surface area contributed by atoms with Crippen molar-refractivity contribution in [2.75, 3.05) is 33.3 Å². The maximum atomic E-state index is 13.4. The number of esters is 1. The van der Waals surface area contributed by atoms with Gasteiger partial charge in [-0.2, -0.15) is 0 Å². The Bertz CT molecular complexity index is 476. The predicted octanol–water partition coefficient (Wildman–Crippen LogP) is 2.10. The number of nitrogens with zero attached hydrogens (tertiary/aromatic N) is 1. The number of methoxy groups -OCH3 is 1. The summed E-state index contributed by atoms with van der Waals surface area (Å²) in [5.41, 5.74) is 0.743. The van der Waals surface area contributed by atoms with E-state index < -0.39 is 6.04 Å². The Morgan fingerprint density at radius 2 is 2.25 bits per heavy atom. The van der Waals surface area contributed by atoms with E-state index in [2.05, 4.69) is 26.1 Å². The van der Waals surface area contributed by atoms with Crippen LogP contribution < -0.4 is 5.32 Å². The Hall–Kier alpha value is -0.980. The van der Waals surface area contributed by atoms with Crippen LogP contribution in [-0.2, 0) is 9.53 Å².